The molecule has 0 fully saturated rings. The zero-order chi connectivity index (χ0) is 40.6. The van der Waals surface area contributed by atoms with Gasteiger partial charge in [-0.3, -0.25) is 4.98 Å². The Morgan fingerprint density at radius 1 is 0.295 bits per heavy atom. The Balaban J connectivity index is 0.992. The second-order valence-electron chi connectivity index (χ2n) is 15.6. The van der Waals surface area contributed by atoms with Crippen molar-refractivity contribution in [3.63, 3.8) is 0 Å². The van der Waals surface area contributed by atoms with Gasteiger partial charge in [0.05, 0.1) is 16.8 Å². The van der Waals surface area contributed by atoms with Crippen molar-refractivity contribution in [1.82, 2.24) is 15.0 Å². The van der Waals surface area contributed by atoms with Crippen LogP contribution in [0.1, 0.15) is 22.3 Å². The van der Waals surface area contributed by atoms with Gasteiger partial charge < -0.3 is 0 Å². The van der Waals surface area contributed by atoms with Crippen molar-refractivity contribution in [3.8, 4) is 78.4 Å². The zero-order valence-electron chi connectivity index (χ0n) is 33.4. The topological polar surface area (TPSA) is 38.7 Å². The summed E-state index contributed by atoms with van der Waals surface area (Å²) in [6.07, 6.45) is 3.69. The number of aromatic nitrogens is 3. The number of rotatable bonds is 8. The Hall–Kier alpha value is -8.01. The summed E-state index contributed by atoms with van der Waals surface area (Å²) in [7, 11) is 0. The first kappa shape index (κ1) is 36.1. The Labute approximate surface area is 356 Å². The summed E-state index contributed by atoms with van der Waals surface area (Å²) >= 11 is 0. The van der Waals surface area contributed by atoms with Gasteiger partial charge in [-0.25, -0.2) is 9.97 Å². The highest BCUT2D eigenvalue weighted by atomic mass is 14.9. The van der Waals surface area contributed by atoms with Gasteiger partial charge in [0, 0.05) is 29.1 Å². The summed E-state index contributed by atoms with van der Waals surface area (Å²) in [5.41, 5.74) is 18.8. The Morgan fingerprint density at radius 2 is 0.787 bits per heavy atom. The maximum atomic E-state index is 5.16. The van der Waals surface area contributed by atoms with Gasteiger partial charge in [0.2, 0.25) is 0 Å². The molecule has 0 unspecified atom stereocenters. The van der Waals surface area contributed by atoms with Gasteiger partial charge in [0.1, 0.15) is 0 Å². The van der Waals surface area contributed by atoms with E-state index >= 15 is 0 Å². The summed E-state index contributed by atoms with van der Waals surface area (Å²) in [6.45, 7) is 0. The number of benzene rings is 8. The number of fused-ring (bicyclic) bond motifs is 3. The predicted octanol–water partition coefficient (Wildman–Crippen LogP) is 14.2. The van der Waals surface area contributed by atoms with E-state index in [9.17, 15) is 0 Å². The SMILES string of the molecule is c1ccc(-c2nc(-c3ccc(-c4cccnc4)cc3)cc(-c3cccc(-c4cccc(-c5ccc6c(c5)C(c5ccccc5)(c5ccccc5)c5ccccc5-6)c4)c3)n2)cc1. The van der Waals surface area contributed by atoms with Crippen molar-refractivity contribution in [2.24, 2.45) is 0 Å². The van der Waals surface area contributed by atoms with Crippen molar-refractivity contribution in [2.75, 3.05) is 0 Å². The third-order valence-electron chi connectivity index (χ3n) is 12.1. The van der Waals surface area contributed by atoms with E-state index < -0.39 is 5.41 Å². The lowest BCUT2D eigenvalue weighted by Crippen LogP contribution is -2.28. The van der Waals surface area contributed by atoms with E-state index in [1.807, 2.05) is 30.5 Å². The molecule has 3 nitrogen and oxygen atoms in total. The maximum Gasteiger partial charge on any atom is 0.160 e. The Kier molecular flexibility index (Phi) is 9.05. The van der Waals surface area contributed by atoms with Gasteiger partial charge >= 0.3 is 0 Å². The minimum Gasteiger partial charge on any atom is -0.264 e. The molecule has 0 N–H and O–H groups in total. The maximum absolute atomic E-state index is 5.16. The standard InChI is InChI=1S/C58H39N3/c1-4-15-42(16-5-1)57-60-55(41-30-28-40(29-31-41)48-21-14-34-59-39-48)38-56(61-57)47-20-13-19-45(36-47)43-17-12-18-44(35-43)46-32-33-52-51-26-10-11-27-53(51)58(54(52)37-46,49-22-6-2-7-23-49)50-24-8-3-9-25-50/h1-39H. The average Bonchev–Trinajstić information content (AvgIpc) is 3.65. The minimum absolute atomic E-state index is 0.452. The first-order valence-electron chi connectivity index (χ1n) is 20.7. The molecule has 286 valence electrons. The number of nitrogens with zero attached hydrogens (tertiary/aromatic N) is 3. The molecule has 0 amide bonds. The highest BCUT2D eigenvalue weighted by Gasteiger charge is 2.46. The van der Waals surface area contributed by atoms with Crippen molar-refractivity contribution in [1.29, 1.82) is 0 Å². The van der Waals surface area contributed by atoms with Crippen LogP contribution in [0.3, 0.4) is 0 Å². The fourth-order valence-corrected chi connectivity index (χ4v) is 9.19. The second kappa shape index (κ2) is 15.3. The smallest absolute Gasteiger partial charge is 0.160 e. The molecule has 10 aromatic rings. The number of hydrogen-bond acceptors (Lipinski definition) is 3. The van der Waals surface area contributed by atoms with Gasteiger partial charge in [0.15, 0.2) is 5.82 Å². The third kappa shape index (κ3) is 6.44. The molecule has 0 saturated carbocycles. The van der Waals surface area contributed by atoms with E-state index in [4.69, 9.17) is 9.97 Å². The second-order valence-corrected chi connectivity index (χ2v) is 15.6. The van der Waals surface area contributed by atoms with Gasteiger partial charge in [0.25, 0.3) is 0 Å². The summed E-state index contributed by atoms with van der Waals surface area (Å²) in [4.78, 5) is 14.6. The number of pyridine rings is 1. The summed E-state index contributed by atoms with van der Waals surface area (Å²) in [5.74, 6) is 0.692. The van der Waals surface area contributed by atoms with Gasteiger partial charge in [-0.05, 0) is 97.1 Å². The molecule has 0 atom stereocenters. The molecular weight excluding hydrogens is 739 g/mol. The van der Waals surface area contributed by atoms with Crippen LogP contribution in [0.15, 0.2) is 237 Å². The van der Waals surface area contributed by atoms with Gasteiger partial charge in [-0.1, -0.05) is 194 Å². The largest absolute Gasteiger partial charge is 0.264 e. The van der Waals surface area contributed by atoms with Crippen LogP contribution in [0.4, 0.5) is 0 Å². The molecular formula is C58H39N3. The first-order valence-corrected chi connectivity index (χ1v) is 20.7. The van der Waals surface area contributed by atoms with Gasteiger partial charge in [-0.2, -0.15) is 0 Å². The fourth-order valence-electron chi connectivity index (χ4n) is 9.19. The van der Waals surface area contributed by atoms with E-state index in [0.717, 1.165) is 50.3 Å². The third-order valence-corrected chi connectivity index (χ3v) is 12.1. The first-order chi connectivity index (χ1) is 30.2. The van der Waals surface area contributed by atoms with Crippen molar-refractivity contribution < 1.29 is 0 Å². The van der Waals surface area contributed by atoms with Crippen LogP contribution in [0.2, 0.25) is 0 Å². The quantitative estimate of drug-likeness (QED) is 0.154. The molecule has 0 aliphatic heterocycles. The molecule has 2 aromatic heterocycles. The van der Waals surface area contributed by atoms with Crippen LogP contribution in [-0.2, 0) is 5.41 Å². The minimum atomic E-state index is -0.452. The van der Waals surface area contributed by atoms with Crippen LogP contribution in [-0.4, -0.2) is 15.0 Å². The predicted molar refractivity (Wildman–Crippen MR) is 250 cm³/mol. The molecule has 0 spiro atoms. The lowest BCUT2D eigenvalue weighted by Gasteiger charge is -2.34. The zero-order valence-corrected chi connectivity index (χ0v) is 33.4. The normalized spacial score (nSPS) is 12.4. The van der Waals surface area contributed by atoms with Crippen molar-refractivity contribution in [2.45, 2.75) is 5.41 Å². The number of hydrogen-bond donors (Lipinski definition) is 0. The monoisotopic (exact) mass is 777 g/mol. The highest BCUT2D eigenvalue weighted by molar-refractivity contribution is 5.89. The van der Waals surface area contributed by atoms with Crippen LogP contribution in [0, 0.1) is 0 Å². The van der Waals surface area contributed by atoms with E-state index in [0.29, 0.717) is 5.82 Å². The average molecular weight is 778 g/mol. The van der Waals surface area contributed by atoms with Crippen molar-refractivity contribution >= 4 is 0 Å². The molecule has 0 radical (unpaired) electrons. The molecule has 0 saturated heterocycles. The lowest BCUT2D eigenvalue weighted by atomic mass is 9.67. The Morgan fingerprint density at radius 3 is 1.44 bits per heavy atom. The summed E-state index contributed by atoms with van der Waals surface area (Å²) in [6, 6.07) is 80.5. The van der Waals surface area contributed by atoms with Crippen LogP contribution < -0.4 is 0 Å². The van der Waals surface area contributed by atoms with E-state index in [1.165, 1.54) is 44.5 Å². The summed E-state index contributed by atoms with van der Waals surface area (Å²) < 4.78 is 0. The van der Waals surface area contributed by atoms with E-state index in [1.54, 1.807) is 6.20 Å². The summed E-state index contributed by atoms with van der Waals surface area (Å²) in [5, 5.41) is 0. The van der Waals surface area contributed by atoms with Crippen LogP contribution in [0.5, 0.6) is 0 Å². The Bertz CT molecular complexity index is 3120. The molecule has 61 heavy (non-hydrogen) atoms. The molecule has 11 rings (SSSR count). The molecule has 8 aromatic carbocycles. The molecule has 0 bridgehead atoms. The lowest BCUT2D eigenvalue weighted by molar-refractivity contribution is 0.769. The molecule has 1 aliphatic rings. The van der Waals surface area contributed by atoms with Crippen LogP contribution >= 0.6 is 0 Å². The molecule has 1 aliphatic carbocycles. The van der Waals surface area contributed by atoms with Crippen molar-refractivity contribution in [3.05, 3.63) is 259 Å². The van der Waals surface area contributed by atoms with Gasteiger partial charge in [-0.15, -0.1) is 0 Å². The van der Waals surface area contributed by atoms with E-state index in [2.05, 4.69) is 205 Å². The molecule has 2 heterocycles. The van der Waals surface area contributed by atoms with Crippen LogP contribution in [0.25, 0.3) is 78.4 Å². The fraction of sp³-hybridized carbons (Fsp3) is 0.0172. The molecule has 3 heteroatoms. The highest BCUT2D eigenvalue weighted by Crippen LogP contribution is 2.56. The van der Waals surface area contributed by atoms with E-state index in [-0.39, 0.29) is 0 Å².